The maximum absolute atomic E-state index is 11.9. The lowest BCUT2D eigenvalue weighted by molar-refractivity contribution is -0.165. The maximum Gasteiger partial charge on any atom is 0.335 e. The molecular formula is C33H44N2O17. The molecule has 1 spiro atoms. The number of ether oxygens (including phenoxy) is 4. The lowest BCUT2D eigenvalue weighted by Crippen LogP contribution is -2.65. The van der Waals surface area contributed by atoms with E-state index in [1.54, 1.807) is 0 Å². The fraction of sp³-hybridized carbons (Fsp3) is 0.606. The van der Waals surface area contributed by atoms with Crippen LogP contribution >= 0.6 is 0 Å². The van der Waals surface area contributed by atoms with Crippen LogP contribution in [-0.4, -0.2) is 176 Å². The van der Waals surface area contributed by atoms with Crippen molar-refractivity contribution in [3.63, 3.8) is 0 Å². The molecule has 2 saturated heterocycles. The molecule has 0 amide bonds. The Balaban J connectivity index is 0.000000251. The largest absolute Gasteiger partial charge is 0.488 e. The Hall–Kier alpha value is -4.37. The van der Waals surface area contributed by atoms with Gasteiger partial charge in [0.1, 0.15) is 12.7 Å². The second-order valence-corrected chi connectivity index (χ2v) is 12.9. The lowest BCUT2D eigenvalue weighted by Gasteiger charge is -2.56. The first-order valence-electron chi connectivity index (χ1n) is 16.5. The van der Waals surface area contributed by atoms with Gasteiger partial charge in [-0.25, -0.2) is 19.2 Å². The van der Waals surface area contributed by atoms with Gasteiger partial charge in [0, 0.05) is 49.5 Å². The number of nitrogens with zero attached hydrogens (tertiary/aromatic N) is 2. The van der Waals surface area contributed by atoms with Crippen LogP contribution in [0.2, 0.25) is 0 Å². The Kier molecular flexibility index (Phi) is 13.2. The molecular weight excluding hydrogens is 696 g/mol. The summed E-state index contributed by atoms with van der Waals surface area (Å²) in [7, 11) is 2.23. The van der Waals surface area contributed by atoms with Crippen molar-refractivity contribution in [3.8, 4) is 11.5 Å². The van der Waals surface area contributed by atoms with Gasteiger partial charge < -0.3 is 64.7 Å². The molecule has 9 atom stereocenters. The zero-order chi connectivity index (χ0) is 38.5. The second kappa shape index (κ2) is 17.0. The van der Waals surface area contributed by atoms with E-state index in [-0.39, 0.29) is 23.6 Å². The van der Waals surface area contributed by atoms with Crippen LogP contribution in [0.25, 0.3) is 0 Å². The topological polar surface area (TPSA) is 291 Å². The zero-order valence-corrected chi connectivity index (χ0v) is 28.4. The molecule has 0 radical (unpaired) electrons. The van der Waals surface area contributed by atoms with Crippen molar-refractivity contribution >= 4 is 29.8 Å². The van der Waals surface area contributed by atoms with Crippen molar-refractivity contribution in [2.24, 2.45) is 5.92 Å². The Morgan fingerprint density at radius 3 is 1.94 bits per heavy atom. The Morgan fingerprint density at radius 1 is 0.865 bits per heavy atom. The van der Waals surface area contributed by atoms with E-state index in [1.807, 2.05) is 0 Å². The van der Waals surface area contributed by atoms with E-state index in [4.69, 9.17) is 59.8 Å². The van der Waals surface area contributed by atoms with Gasteiger partial charge in [0.05, 0.1) is 13.2 Å². The predicted molar refractivity (Wildman–Crippen MR) is 173 cm³/mol. The molecule has 288 valence electrons. The van der Waals surface area contributed by atoms with Crippen LogP contribution in [0.15, 0.2) is 24.3 Å². The summed E-state index contributed by atoms with van der Waals surface area (Å²) in [5, 5.41) is 65.1. The summed E-state index contributed by atoms with van der Waals surface area (Å²) >= 11 is 0. The van der Waals surface area contributed by atoms with E-state index >= 15 is 0 Å². The lowest BCUT2D eigenvalue weighted by atomic mass is 9.53. The number of hydrogen-bond donors (Lipinski definition) is 8. The normalized spacial score (nSPS) is 27.7. The van der Waals surface area contributed by atoms with E-state index in [0.29, 0.717) is 18.6 Å². The molecule has 52 heavy (non-hydrogen) atoms. The van der Waals surface area contributed by atoms with Crippen molar-refractivity contribution in [2.45, 2.75) is 67.8 Å². The van der Waals surface area contributed by atoms with Crippen LogP contribution in [0.3, 0.4) is 0 Å². The number of carbonyl (C=O) groups is 5. The van der Waals surface area contributed by atoms with Gasteiger partial charge in [0.15, 0.2) is 42.0 Å². The molecule has 1 aromatic rings. The van der Waals surface area contributed by atoms with Crippen LogP contribution in [0, 0.1) is 5.92 Å². The molecule has 6 rings (SSSR count). The zero-order valence-electron chi connectivity index (χ0n) is 28.4. The predicted octanol–water partition coefficient (Wildman–Crippen LogP) is -2.47. The van der Waals surface area contributed by atoms with Gasteiger partial charge in [-0.2, -0.15) is 0 Å². The van der Waals surface area contributed by atoms with Crippen LogP contribution in [-0.2, 0) is 45.3 Å². The molecule has 19 heteroatoms. The molecule has 5 aliphatic rings. The van der Waals surface area contributed by atoms with Crippen LogP contribution < -0.4 is 9.47 Å². The molecule has 3 aliphatic heterocycles. The smallest absolute Gasteiger partial charge is 0.335 e. The number of morpholine rings is 1. The van der Waals surface area contributed by atoms with Crippen LogP contribution in [0.5, 0.6) is 11.5 Å². The Bertz CT molecular complexity index is 1460. The van der Waals surface area contributed by atoms with E-state index in [2.05, 4.69) is 41.1 Å². The molecule has 0 saturated carbocycles. The number of aliphatic hydroxyl groups is 4. The van der Waals surface area contributed by atoms with Gasteiger partial charge in [-0.15, -0.1) is 0 Å². The summed E-state index contributed by atoms with van der Waals surface area (Å²) in [4.78, 5) is 55.8. The fourth-order valence-electron chi connectivity index (χ4n) is 7.27. The SMILES string of the molecule is CC(=O)O[C@H]1C=C[C@H]2[C@H]3Cc4ccc(OCCN5CCOCC5)c5c4[C@@]2(CCN3C)[C@H]1O5.O=C(O)[C@H](O)[C@@H](O)C(=O)O.O=C(O)[C@H](O)[C@@H](O)C(=O)O. The number of hydrogen-bond acceptors (Lipinski definition) is 15. The third kappa shape index (κ3) is 8.46. The summed E-state index contributed by atoms with van der Waals surface area (Å²) in [5.41, 5.74) is 2.51. The summed E-state index contributed by atoms with van der Waals surface area (Å²) in [5.74, 6) is -5.29. The number of likely N-dealkylation sites (tertiary alicyclic amines) is 1. The van der Waals surface area contributed by atoms with E-state index in [0.717, 1.165) is 63.7 Å². The van der Waals surface area contributed by atoms with E-state index < -0.39 is 48.3 Å². The highest BCUT2D eigenvalue weighted by atomic mass is 16.6. The first kappa shape index (κ1) is 40.4. The number of aliphatic hydroxyl groups excluding tert-OH is 4. The van der Waals surface area contributed by atoms with Gasteiger partial charge in [-0.1, -0.05) is 12.1 Å². The summed E-state index contributed by atoms with van der Waals surface area (Å²) < 4.78 is 24.2. The quantitative estimate of drug-likeness (QED) is 0.0861. The molecule has 3 heterocycles. The van der Waals surface area contributed by atoms with Gasteiger partial charge in [-0.05, 0) is 44.1 Å². The van der Waals surface area contributed by atoms with Gasteiger partial charge in [0.25, 0.3) is 0 Å². The van der Waals surface area contributed by atoms with Crippen molar-refractivity contribution in [1.82, 2.24) is 9.80 Å². The first-order chi connectivity index (χ1) is 24.5. The monoisotopic (exact) mass is 740 g/mol. The molecule has 2 aliphatic carbocycles. The average molecular weight is 741 g/mol. The number of benzene rings is 1. The van der Waals surface area contributed by atoms with Gasteiger partial charge in [-0.3, -0.25) is 9.69 Å². The molecule has 19 nitrogen and oxygen atoms in total. The Morgan fingerprint density at radius 2 is 1.42 bits per heavy atom. The molecule has 1 aromatic carbocycles. The van der Waals surface area contributed by atoms with Crippen molar-refractivity contribution in [2.75, 3.05) is 53.0 Å². The number of likely N-dealkylation sites (N-methyl/N-ethyl adjacent to an activating group) is 1. The minimum absolute atomic E-state index is 0.154. The Labute approximate surface area is 297 Å². The summed E-state index contributed by atoms with van der Waals surface area (Å²) in [6.45, 7) is 7.47. The van der Waals surface area contributed by atoms with Crippen molar-refractivity contribution < 1.29 is 83.8 Å². The molecule has 2 bridgehead atoms. The third-order valence-electron chi connectivity index (χ3n) is 9.80. The van der Waals surface area contributed by atoms with E-state index in [1.165, 1.54) is 18.1 Å². The molecule has 8 N–H and O–H groups in total. The standard InChI is InChI=1S/C25H32N2O5.2C4H6O6/c1-16(28)31-21-6-4-18-19-15-17-3-5-20(30-14-11-27-9-12-29-13-10-27)23-22(17)25(18,24(21)32-23)7-8-26(19)2;2*5-1(3(7)8)2(6)4(9)10/h3-6,18-19,21,24H,7-15H2,1-2H3;2*1-2,5-6H,(H,7,8)(H,9,10)/t18-,19+,21-,24-,25-;2*1-,2-/m011/s1. The number of rotatable bonds is 11. The number of esters is 1. The van der Waals surface area contributed by atoms with Gasteiger partial charge >= 0.3 is 29.8 Å². The first-order valence-corrected chi connectivity index (χ1v) is 16.5. The molecule has 0 aromatic heterocycles. The number of carbonyl (C=O) groups excluding carboxylic acids is 1. The number of aliphatic carboxylic acids is 4. The van der Waals surface area contributed by atoms with Crippen LogP contribution in [0.1, 0.15) is 24.5 Å². The summed E-state index contributed by atoms with van der Waals surface area (Å²) in [6.07, 6.45) is -3.28. The summed E-state index contributed by atoms with van der Waals surface area (Å²) in [6, 6.07) is 4.75. The molecule has 0 unspecified atom stereocenters. The highest BCUT2D eigenvalue weighted by Crippen LogP contribution is 2.62. The van der Waals surface area contributed by atoms with Crippen molar-refractivity contribution in [1.29, 1.82) is 0 Å². The third-order valence-corrected chi connectivity index (χ3v) is 9.80. The minimum atomic E-state index is -2.27. The highest BCUT2D eigenvalue weighted by Gasteiger charge is 2.65. The number of piperidine rings is 1. The van der Waals surface area contributed by atoms with E-state index in [9.17, 15) is 24.0 Å². The maximum atomic E-state index is 11.9. The van der Waals surface area contributed by atoms with Gasteiger partial charge in [0.2, 0.25) is 0 Å². The second-order valence-electron chi connectivity index (χ2n) is 12.9. The van der Waals surface area contributed by atoms with Crippen molar-refractivity contribution in [3.05, 3.63) is 35.4 Å². The molecule has 2 fully saturated rings. The number of carboxylic acids is 4. The highest BCUT2D eigenvalue weighted by molar-refractivity contribution is 5.83. The minimum Gasteiger partial charge on any atom is -0.488 e. The van der Waals surface area contributed by atoms with Crippen LogP contribution in [0.4, 0.5) is 0 Å². The fourth-order valence-corrected chi connectivity index (χ4v) is 7.27. The average Bonchev–Trinajstić information content (AvgIpc) is 3.46. The number of carboxylic acid groups (broad SMARTS) is 4.